The summed E-state index contributed by atoms with van der Waals surface area (Å²) >= 11 is 0. The normalized spacial score (nSPS) is 25.2. The molecule has 1 atom stereocenters. The van der Waals surface area contributed by atoms with E-state index in [1.54, 1.807) is 12.1 Å². The van der Waals surface area contributed by atoms with Crippen LogP contribution < -0.4 is 4.31 Å². The summed E-state index contributed by atoms with van der Waals surface area (Å²) in [6, 6.07) is 3.07. The summed E-state index contributed by atoms with van der Waals surface area (Å²) in [7, 11) is -3.72. The van der Waals surface area contributed by atoms with Gasteiger partial charge in [-0.15, -0.1) is 0 Å². The molecule has 114 valence electrons. The van der Waals surface area contributed by atoms with Crippen LogP contribution in [0.2, 0.25) is 0 Å². The molecule has 2 fully saturated rings. The number of rotatable bonds is 1. The van der Waals surface area contributed by atoms with Crippen LogP contribution in [0.1, 0.15) is 36.0 Å². The van der Waals surface area contributed by atoms with Gasteiger partial charge in [0.1, 0.15) is 6.04 Å². The van der Waals surface area contributed by atoms with Crippen LogP contribution in [0.3, 0.4) is 0 Å². The fraction of sp³-hybridized carbons (Fsp3) is 0.533. The summed E-state index contributed by atoms with van der Waals surface area (Å²) < 4.78 is 27.7. The second-order valence-corrected chi connectivity index (χ2v) is 7.67. The van der Waals surface area contributed by atoms with Crippen molar-refractivity contribution in [1.82, 2.24) is 4.31 Å². The molecule has 0 aromatic heterocycles. The molecule has 0 unspecified atom stereocenters. The van der Waals surface area contributed by atoms with E-state index in [-0.39, 0.29) is 5.91 Å². The van der Waals surface area contributed by atoms with Crippen LogP contribution in [-0.2, 0) is 15.0 Å². The Labute approximate surface area is 125 Å². The third-order valence-electron chi connectivity index (χ3n) is 4.61. The number of fused-ring (bicyclic) bond motifs is 1. The minimum Gasteiger partial charge on any atom is -0.271 e. The van der Waals surface area contributed by atoms with Crippen molar-refractivity contribution in [2.75, 3.05) is 10.8 Å². The fourth-order valence-corrected chi connectivity index (χ4v) is 4.98. The van der Waals surface area contributed by atoms with E-state index >= 15 is 0 Å². The predicted molar refractivity (Wildman–Crippen MR) is 81.4 cm³/mol. The van der Waals surface area contributed by atoms with Gasteiger partial charge in [0.15, 0.2) is 0 Å². The van der Waals surface area contributed by atoms with E-state index in [1.165, 1.54) is 4.31 Å². The lowest BCUT2D eigenvalue weighted by Crippen LogP contribution is -2.39. The van der Waals surface area contributed by atoms with E-state index in [2.05, 4.69) is 0 Å². The second kappa shape index (κ2) is 4.81. The molecule has 0 radical (unpaired) electrons. The lowest BCUT2D eigenvalue weighted by atomic mass is 10.0. The Hall–Kier alpha value is -1.40. The van der Waals surface area contributed by atoms with Gasteiger partial charge in [0.05, 0.1) is 5.69 Å². The smallest absolute Gasteiger partial charge is 0.271 e. The first kappa shape index (κ1) is 14.5. The second-order valence-electron chi connectivity index (χ2n) is 5.94. The topological polar surface area (TPSA) is 57.7 Å². The molecular weight excluding hydrogens is 288 g/mol. The minimum absolute atomic E-state index is 0.308. The summed E-state index contributed by atoms with van der Waals surface area (Å²) in [4.78, 5) is 12.6. The lowest BCUT2D eigenvalue weighted by Gasteiger charge is -2.24. The van der Waals surface area contributed by atoms with E-state index in [0.29, 0.717) is 18.7 Å². The van der Waals surface area contributed by atoms with E-state index in [0.717, 1.165) is 33.8 Å². The van der Waals surface area contributed by atoms with Crippen LogP contribution in [0.25, 0.3) is 0 Å². The van der Waals surface area contributed by atoms with Crippen molar-refractivity contribution in [1.29, 1.82) is 0 Å². The van der Waals surface area contributed by atoms with Crippen LogP contribution in [0.5, 0.6) is 0 Å². The van der Waals surface area contributed by atoms with E-state index < -0.39 is 16.3 Å². The molecule has 1 aromatic rings. The maximum absolute atomic E-state index is 12.7. The first-order valence-corrected chi connectivity index (χ1v) is 8.67. The summed E-state index contributed by atoms with van der Waals surface area (Å²) in [5.41, 5.74) is 3.59. The number of aryl methyl sites for hydroxylation is 2. The van der Waals surface area contributed by atoms with Gasteiger partial charge < -0.3 is 0 Å². The average molecular weight is 308 g/mol. The van der Waals surface area contributed by atoms with Gasteiger partial charge in [-0.1, -0.05) is 6.42 Å². The Kier molecular flexibility index (Phi) is 3.33. The SMILES string of the molecule is Cc1cc(N2C(=O)[C@@H]3CCCCN3S2(=O)=O)cc(C)c1C. The molecule has 0 spiro atoms. The third-order valence-corrected chi connectivity index (χ3v) is 6.49. The van der Waals surface area contributed by atoms with Gasteiger partial charge in [0.2, 0.25) is 0 Å². The molecule has 5 nitrogen and oxygen atoms in total. The van der Waals surface area contributed by atoms with Crippen LogP contribution in [0, 0.1) is 20.8 Å². The zero-order valence-electron chi connectivity index (χ0n) is 12.6. The largest absolute Gasteiger partial charge is 0.311 e. The first-order chi connectivity index (χ1) is 9.84. The number of amides is 1. The Morgan fingerprint density at radius 2 is 1.71 bits per heavy atom. The molecule has 21 heavy (non-hydrogen) atoms. The van der Waals surface area contributed by atoms with Crippen molar-refractivity contribution in [2.45, 2.75) is 46.1 Å². The fourth-order valence-electron chi connectivity index (χ4n) is 3.17. The molecule has 0 N–H and O–H groups in total. The lowest BCUT2D eigenvalue weighted by molar-refractivity contribution is -0.120. The molecule has 2 aliphatic rings. The Morgan fingerprint density at radius 3 is 2.29 bits per heavy atom. The number of carbonyl (C=O) groups excluding carboxylic acids is 1. The molecule has 3 rings (SSSR count). The zero-order chi connectivity index (χ0) is 15.4. The quantitative estimate of drug-likeness (QED) is 0.798. The van der Waals surface area contributed by atoms with Crippen molar-refractivity contribution in [3.63, 3.8) is 0 Å². The van der Waals surface area contributed by atoms with Crippen LogP contribution in [-0.4, -0.2) is 31.2 Å². The van der Waals surface area contributed by atoms with E-state index in [4.69, 9.17) is 0 Å². The van der Waals surface area contributed by atoms with Crippen LogP contribution in [0.15, 0.2) is 12.1 Å². The standard InChI is InChI=1S/C15H20N2O3S/c1-10-8-13(9-11(2)12(10)3)17-15(18)14-6-4-5-7-16(14)21(17,19)20/h8-9,14H,4-7H2,1-3H3/t14-/m0/s1. The summed E-state index contributed by atoms with van der Waals surface area (Å²) in [6.07, 6.45) is 2.35. The van der Waals surface area contributed by atoms with Gasteiger partial charge in [-0.2, -0.15) is 17.0 Å². The van der Waals surface area contributed by atoms with E-state index in [9.17, 15) is 13.2 Å². The molecule has 6 heteroatoms. The van der Waals surface area contributed by atoms with Gasteiger partial charge in [-0.25, -0.2) is 0 Å². The Morgan fingerprint density at radius 1 is 1.10 bits per heavy atom. The molecule has 0 aliphatic carbocycles. The number of benzene rings is 1. The monoisotopic (exact) mass is 308 g/mol. The highest BCUT2D eigenvalue weighted by Crippen LogP contribution is 2.36. The molecule has 0 saturated carbocycles. The van der Waals surface area contributed by atoms with Gasteiger partial charge in [0.25, 0.3) is 5.91 Å². The summed E-state index contributed by atoms with van der Waals surface area (Å²) in [5.74, 6) is -0.308. The van der Waals surface area contributed by atoms with Crippen molar-refractivity contribution < 1.29 is 13.2 Å². The highest BCUT2D eigenvalue weighted by molar-refractivity contribution is 7.91. The number of hydrogen-bond acceptors (Lipinski definition) is 3. The van der Waals surface area contributed by atoms with Gasteiger partial charge in [-0.05, 0) is 62.4 Å². The summed E-state index contributed by atoms with van der Waals surface area (Å²) in [6.45, 7) is 6.32. The highest BCUT2D eigenvalue weighted by Gasteiger charge is 2.51. The number of carbonyl (C=O) groups is 1. The number of piperidine rings is 1. The van der Waals surface area contributed by atoms with Crippen molar-refractivity contribution >= 4 is 21.8 Å². The van der Waals surface area contributed by atoms with Crippen molar-refractivity contribution in [2.24, 2.45) is 0 Å². The minimum atomic E-state index is -3.72. The highest BCUT2D eigenvalue weighted by atomic mass is 32.2. The molecule has 1 amide bonds. The molecule has 1 aromatic carbocycles. The summed E-state index contributed by atoms with van der Waals surface area (Å²) in [5, 5.41) is 0. The van der Waals surface area contributed by atoms with Crippen LogP contribution in [0.4, 0.5) is 5.69 Å². The molecule has 0 bridgehead atoms. The maximum Gasteiger partial charge on any atom is 0.311 e. The number of hydrogen-bond donors (Lipinski definition) is 0. The van der Waals surface area contributed by atoms with Gasteiger partial charge in [-0.3, -0.25) is 4.79 Å². The van der Waals surface area contributed by atoms with Crippen molar-refractivity contribution in [3.05, 3.63) is 28.8 Å². The van der Waals surface area contributed by atoms with Gasteiger partial charge >= 0.3 is 10.2 Å². The predicted octanol–water partition coefficient (Wildman–Crippen LogP) is 2.06. The first-order valence-electron chi connectivity index (χ1n) is 7.28. The van der Waals surface area contributed by atoms with Crippen LogP contribution >= 0.6 is 0 Å². The maximum atomic E-state index is 12.7. The molecular formula is C15H20N2O3S. The average Bonchev–Trinajstić information content (AvgIpc) is 2.64. The van der Waals surface area contributed by atoms with E-state index in [1.807, 2.05) is 20.8 Å². The third kappa shape index (κ3) is 2.08. The molecule has 2 aliphatic heterocycles. The van der Waals surface area contributed by atoms with Gasteiger partial charge in [0, 0.05) is 6.54 Å². The molecule has 2 heterocycles. The Balaban J connectivity index is 2.12. The zero-order valence-corrected chi connectivity index (χ0v) is 13.4. The number of nitrogens with zero attached hydrogens (tertiary/aromatic N) is 2. The Bertz CT molecular complexity index is 689. The molecule has 2 saturated heterocycles. The number of anilines is 1. The van der Waals surface area contributed by atoms with Crippen molar-refractivity contribution in [3.8, 4) is 0 Å².